The highest BCUT2D eigenvalue weighted by Crippen LogP contribution is 2.36. The standard InChI is InChI=1S/C18H19Cl2FN2O/c1-2-3-4-13(19)6-5-12-9-22-10-15(12)14-7-17(21)16(20)8-18(14)23-11-24/h2-8,11-12,15,22H,9-10H2,1H3,(H,23,24)/b3-2-,6-5+,13-4+/t12-,15?/m0/s1. The molecule has 1 saturated heterocycles. The molecular weight excluding hydrogens is 350 g/mol. The van der Waals surface area contributed by atoms with Crippen molar-refractivity contribution in [2.75, 3.05) is 18.4 Å². The van der Waals surface area contributed by atoms with Crippen LogP contribution >= 0.6 is 23.2 Å². The molecule has 0 saturated carbocycles. The molecule has 1 aliphatic heterocycles. The lowest BCUT2D eigenvalue weighted by Crippen LogP contribution is -2.12. The number of halogens is 3. The Balaban J connectivity index is 2.28. The molecule has 1 fully saturated rings. The summed E-state index contributed by atoms with van der Waals surface area (Å²) in [6.07, 6.45) is 9.96. The zero-order chi connectivity index (χ0) is 17.5. The molecule has 2 atom stereocenters. The highest BCUT2D eigenvalue weighted by atomic mass is 35.5. The van der Waals surface area contributed by atoms with E-state index < -0.39 is 5.82 Å². The lowest BCUT2D eigenvalue weighted by molar-refractivity contribution is -0.105. The minimum atomic E-state index is -0.497. The monoisotopic (exact) mass is 368 g/mol. The van der Waals surface area contributed by atoms with Gasteiger partial charge in [0.1, 0.15) is 5.82 Å². The van der Waals surface area contributed by atoms with Crippen molar-refractivity contribution < 1.29 is 9.18 Å². The van der Waals surface area contributed by atoms with Gasteiger partial charge in [0.15, 0.2) is 0 Å². The van der Waals surface area contributed by atoms with Crippen molar-refractivity contribution in [2.45, 2.75) is 12.8 Å². The van der Waals surface area contributed by atoms with Gasteiger partial charge < -0.3 is 10.6 Å². The van der Waals surface area contributed by atoms with E-state index in [1.807, 2.05) is 31.2 Å². The van der Waals surface area contributed by atoms with Crippen LogP contribution in [0, 0.1) is 11.7 Å². The first-order chi connectivity index (χ1) is 11.6. The Labute approximate surface area is 151 Å². The summed E-state index contributed by atoms with van der Waals surface area (Å²) in [6, 6.07) is 2.84. The summed E-state index contributed by atoms with van der Waals surface area (Å²) in [5, 5.41) is 6.50. The van der Waals surface area contributed by atoms with Crippen molar-refractivity contribution in [3.05, 3.63) is 63.9 Å². The molecule has 6 heteroatoms. The Morgan fingerprint density at radius 1 is 1.42 bits per heavy atom. The van der Waals surface area contributed by atoms with Crippen molar-refractivity contribution in [2.24, 2.45) is 5.92 Å². The summed E-state index contributed by atoms with van der Waals surface area (Å²) in [5.74, 6) is -0.351. The number of nitrogens with one attached hydrogen (secondary N) is 2. The maximum absolute atomic E-state index is 13.9. The zero-order valence-electron chi connectivity index (χ0n) is 13.2. The average molecular weight is 369 g/mol. The van der Waals surface area contributed by atoms with E-state index in [0.717, 1.165) is 12.1 Å². The quantitative estimate of drug-likeness (QED) is 0.568. The predicted octanol–water partition coefficient (Wildman–Crippen LogP) is 4.61. The fourth-order valence-corrected chi connectivity index (χ4v) is 3.07. The van der Waals surface area contributed by atoms with Gasteiger partial charge in [-0.3, -0.25) is 4.79 Å². The maximum atomic E-state index is 13.9. The molecule has 1 aromatic carbocycles. The molecule has 0 radical (unpaired) electrons. The van der Waals surface area contributed by atoms with E-state index in [0.29, 0.717) is 23.7 Å². The van der Waals surface area contributed by atoms with E-state index in [2.05, 4.69) is 10.6 Å². The molecule has 0 bridgehead atoms. The summed E-state index contributed by atoms with van der Waals surface area (Å²) >= 11 is 11.9. The Morgan fingerprint density at radius 2 is 2.21 bits per heavy atom. The van der Waals surface area contributed by atoms with Crippen LogP contribution in [-0.4, -0.2) is 19.5 Å². The van der Waals surface area contributed by atoms with E-state index in [1.54, 1.807) is 6.08 Å². The van der Waals surface area contributed by atoms with Crippen molar-refractivity contribution in [3.63, 3.8) is 0 Å². The molecule has 1 amide bonds. The Hall–Kier alpha value is -1.62. The van der Waals surface area contributed by atoms with Crippen LogP contribution in [0.3, 0.4) is 0 Å². The highest BCUT2D eigenvalue weighted by Gasteiger charge is 2.29. The van der Waals surface area contributed by atoms with Gasteiger partial charge in [0, 0.05) is 29.7 Å². The van der Waals surface area contributed by atoms with Crippen LogP contribution < -0.4 is 10.6 Å². The largest absolute Gasteiger partial charge is 0.328 e. The van der Waals surface area contributed by atoms with Crippen molar-refractivity contribution in [1.29, 1.82) is 0 Å². The third-order valence-corrected chi connectivity index (χ3v) is 4.46. The third kappa shape index (κ3) is 4.69. The van der Waals surface area contributed by atoms with Crippen LogP contribution in [0.1, 0.15) is 18.4 Å². The minimum absolute atomic E-state index is 0.0153. The molecule has 128 valence electrons. The van der Waals surface area contributed by atoms with E-state index in [-0.39, 0.29) is 16.9 Å². The summed E-state index contributed by atoms with van der Waals surface area (Å²) in [5.41, 5.74) is 1.25. The average Bonchev–Trinajstić information content (AvgIpc) is 3.02. The number of anilines is 1. The van der Waals surface area contributed by atoms with E-state index in [4.69, 9.17) is 23.2 Å². The first kappa shape index (κ1) is 18.7. The van der Waals surface area contributed by atoms with Gasteiger partial charge in [0.25, 0.3) is 0 Å². The smallest absolute Gasteiger partial charge is 0.211 e. The van der Waals surface area contributed by atoms with Crippen LogP contribution in [0.2, 0.25) is 5.02 Å². The van der Waals surface area contributed by atoms with Crippen molar-refractivity contribution in [3.8, 4) is 0 Å². The first-order valence-corrected chi connectivity index (χ1v) is 8.39. The molecule has 0 spiro atoms. The van der Waals surface area contributed by atoms with E-state index in [9.17, 15) is 9.18 Å². The van der Waals surface area contributed by atoms with Gasteiger partial charge in [-0.2, -0.15) is 0 Å². The number of rotatable bonds is 6. The summed E-state index contributed by atoms with van der Waals surface area (Å²) in [4.78, 5) is 10.8. The van der Waals surface area contributed by atoms with Crippen LogP contribution in [0.25, 0.3) is 0 Å². The van der Waals surface area contributed by atoms with Gasteiger partial charge in [-0.1, -0.05) is 41.4 Å². The summed E-state index contributed by atoms with van der Waals surface area (Å²) in [6.45, 7) is 3.34. The number of carbonyl (C=O) groups is 1. The SMILES string of the molecule is C\C=C/C=C(Cl)\C=C\[C@H]1CNCC1c1cc(F)c(Cl)cc1NC=O. The Bertz CT molecular complexity index is 686. The van der Waals surface area contributed by atoms with Gasteiger partial charge in [-0.05, 0) is 42.7 Å². The van der Waals surface area contributed by atoms with Crippen molar-refractivity contribution in [1.82, 2.24) is 5.32 Å². The first-order valence-electron chi connectivity index (χ1n) is 7.63. The number of benzene rings is 1. The second kappa shape index (κ2) is 9.02. The second-order valence-electron chi connectivity index (χ2n) is 5.48. The Kier molecular flexibility index (Phi) is 7.03. The molecule has 2 rings (SSSR count). The molecule has 2 N–H and O–H groups in total. The van der Waals surface area contributed by atoms with Crippen LogP contribution in [0.4, 0.5) is 10.1 Å². The molecule has 1 aliphatic rings. The lowest BCUT2D eigenvalue weighted by atomic mass is 9.87. The second-order valence-corrected chi connectivity index (χ2v) is 6.32. The van der Waals surface area contributed by atoms with Crippen LogP contribution in [0.15, 0.2) is 47.5 Å². The molecule has 3 nitrogen and oxygen atoms in total. The Morgan fingerprint density at radius 3 is 2.92 bits per heavy atom. The normalized spacial score (nSPS) is 21.8. The molecule has 0 aliphatic carbocycles. The van der Waals surface area contributed by atoms with Gasteiger partial charge in [-0.25, -0.2) is 4.39 Å². The van der Waals surface area contributed by atoms with Gasteiger partial charge in [-0.15, -0.1) is 0 Å². The molecule has 24 heavy (non-hydrogen) atoms. The lowest BCUT2D eigenvalue weighted by Gasteiger charge is -2.19. The predicted molar refractivity (Wildman–Crippen MR) is 98.1 cm³/mol. The number of hydrogen-bond donors (Lipinski definition) is 2. The van der Waals surface area contributed by atoms with E-state index in [1.165, 1.54) is 12.1 Å². The van der Waals surface area contributed by atoms with Gasteiger partial charge in [0.2, 0.25) is 6.41 Å². The highest BCUT2D eigenvalue weighted by molar-refractivity contribution is 6.31. The van der Waals surface area contributed by atoms with Crippen LogP contribution in [0.5, 0.6) is 0 Å². The fraction of sp³-hybridized carbons (Fsp3) is 0.278. The molecule has 0 aromatic heterocycles. The molecule has 1 aromatic rings. The number of amides is 1. The third-order valence-electron chi connectivity index (χ3n) is 3.92. The number of hydrogen-bond acceptors (Lipinski definition) is 2. The topological polar surface area (TPSA) is 41.1 Å². The van der Waals surface area contributed by atoms with E-state index >= 15 is 0 Å². The minimum Gasteiger partial charge on any atom is -0.328 e. The van der Waals surface area contributed by atoms with Crippen LogP contribution in [-0.2, 0) is 4.79 Å². The molecule has 1 unspecified atom stereocenters. The maximum Gasteiger partial charge on any atom is 0.211 e. The zero-order valence-corrected chi connectivity index (χ0v) is 14.7. The fourth-order valence-electron chi connectivity index (χ4n) is 2.76. The van der Waals surface area contributed by atoms with Crippen molar-refractivity contribution >= 4 is 35.3 Å². The number of carbonyl (C=O) groups excluding carboxylic acids is 1. The van der Waals surface area contributed by atoms with Gasteiger partial charge >= 0.3 is 0 Å². The number of allylic oxidation sites excluding steroid dienone is 5. The summed E-state index contributed by atoms with van der Waals surface area (Å²) in [7, 11) is 0. The van der Waals surface area contributed by atoms with Gasteiger partial charge in [0.05, 0.1) is 5.02 Å². The molecular formula is C18H19Cl2FN2O. The summed E-state index contributed by atoms with van der Waals surface area (Å²) < 4.78 is 13.9. The molecule has 1 heterocycles.